The molecule has 3 heteroatoms. The fourth-order valence-electron chi connectivity index (χ4n) is 2.44. The second-order valence-corrected chi connectivity index (χ2v) is 4.81. The van der Waals surface area contributed by atoms with Crippen LogP contribution in [0.25, 0.3) is 21.7 Å². The van der Waals surface area contributed by atoms with Gasteiger partial charge in [0.15, 0.2) is 4.77 Å². The topological polar surface area (TPSA) is 17.8 Å². The first-order chi connectivity index (χ1) is 8.70. The second-order valence-electron chi connectivity index (χ2n) is 4.44. The van der Waals surface area contributed by atoms with Gasteiger partial charge in [0.2, 0.25) is 0 Å². The van der Waals surface area contributed by atoms with Crippen LogP contribution in [0.1, 0.15) is 12.6 Å². The van der Waals surface area contributed by atoms with Gasteiger partial charge in [-0.3, -0.25) is 0 Å². The molecule has 0 spiro atoms. The minimum Gasteiger partial charge on any atom is -0.321 e. The number of rotatable bonds is 1. The van der Waals surface area contributed by atoms with Crippen molar-refractivity contribution < 1.29 is 0 Å². The maximum atomic E-state index is 5.34. The van der Waals surface area contributed by atoms with Crippen molar-refractivity contribution in [2.24, 2.45) is 0 Å². The minimum atomic E-state index is 0.665. The molecule has 0 N–H and O–H groups in total. The SMILES string of the molecule is CCn1c(C)c2cc3ccccc3cc2nc1=S. The molecule has 0 atom stereocenters. The van der Waals surface area contributed by atoms with E-state index in [1.165, 1.54) is 21.9 Å². The Labute approximate surface area is 111 Å². The van der Waals surface area contributed by atoms with Crippen LogP contribution in [0.5, 0.6) is 0 Å². The molecule has 18 heavy (non-hydrogen) atoms. The van der Waals surface area contributed by atoms with Crippen LogP contribution >= 0.6 is 12.2 Å². The van der Waals surface area contributed by atoms with Crippen LogP contribution in [-0.4, -0.2) is 9.55 Å². The van der Waals surface area contributed by atoms with E-state index in [0.29, 0.717) is 4.77 Å². The Morgan fingerprint density at radius 2 is 1.83 bits per heavy atom. The number of fused-ring (bicyclic) bond motifs is 2. The molecule has 0 fully saturated rings. The Morgan fingerprint density at radius 1 is 1.17 bits per heavy atom. The van der Waals surface area contributed by atoms with E-state index < -0.39 is 0 Å². The van der Waals surface area contributed by atoms with Gasteiger partial charge in [-0.05, 0) is 49.0 Å². The number of aromatic nitrogens is 2. The van der Waals surface area contributed by atoms with Crippen LogP contribution < -0.4 is 0 Å². The van der Waals surface area contributed by atoms with E-state index in [-0.39, 0.29) is 0 Å². The first kappa shape index (κ1) is 11.4. The molecule has 0 saturated carbocycles. The van der Waals surface area contributed by atoms with Gasteiger partial charge < -0.3 is 4.57 Å². The van der Waals surface area contributed by atoms with Crippen molar-refractivity contribution >= 4 is 33.9 Å². The highest BCUT2D eigenvalue weighted by atomic mass is 32.1. The van der Waals surface area contributed by atoms with Crippen LogP contribution in [-0.2, 0) is 6.54 Å². The average Bonchev–Trinajstić information content (AvgIpc) is 2.37. The van der Waals surface area contributed by atoms with E-state index in [9.17, 15) is 0 Å². The lowest BCUT2D eigenvalue weighted by molar-refractivity contribution is 0.705. The van der Waals surface area contributed by atoms with Crippen LogP contribution in [0.3, 0.4) is 0 Å². The molecular formula is C15H14N2S. The molecule has 3 rings (SSSR count). The molecule has 1 heterocycles. The quantitative estimate of drug-likeness (QED) is 0.477. The van der Waals surface area contributed by atoms with E-state index in [1.807, 2.05) is 6.07 Å². The molecule has 90 valence electrons. The van der Waals surface area contributed by atoms with E-state index in [0.717, 1.165) is 12.1 Å². The summed E-state index contributed by atoms with van der Waals surface area (Å²) >= 11 is 5.34. The first-order valence-corrected chi connectivity index (χ1v) is 6.51. The summed E-state index contributed by atoms with van der Waals surface area (Å²) in [6.07, 6.45) is 0. The summed E-state index contributed by atoms with van der Waals surface area (Å²) in [5.74, 6) is 0. The van der Waals surface area contributed by atoms with Crippen LogP contribution in [0, 0.1) is 11.7 Å². The van der Waals surface area contributed by atoms with Gasteiger partial charge in [-0.1, -0.05) is 24.3 Å². The van der Waals surface area contributed by atoms with Crippen molar-refractivity contribution in [1.29, 1.82) is 0 Å². The monoisotopic (exact) mass is 254 g/mol. The third kappa shape index (κ3) is 1.63. The summed E-state index contributed by atoms with van der Waals surface area (Å²) in [7, 11) is 0. The van der Waals surface area contributed by atoms with Crippen molar-refractivity contribution in [3.8, 4) is 0 Å². The highest BCUT2D eigenvalue weighted by Crippen LogP contribution is 2.24. The van der Waals surface area contributed by atoms with Gasteiger partial charge in [-0.25, -0.2) is 4.98 Å². The normalized spacial score (nSPS) is 11.2. The third-order valence-corrected chi connectivity index (χ3v) is 3.73. The smallest absolute Gasteiger partial charge is 0.200 e. The Balaban J connectivity index is 2.51. The fourth-order valence-corrected chi connectivity index (χ4v) is 2.80. The molecule has 0 bridgehead atoms. The lowest BCUT2D eigenvalue weighted by atomic mass is 10.1. The summed E-state index contributed by atoms with van der Waals surface area (Å²) in [6, 6.07) is 12.7. The number of aryl methyl sites for hydroxylation is 1. The molecule has 0 radical (unpaired) electrons. The summed E-state index contributed by atoms with van der Waals surface area (Å²) in [5, 5.41) is 3.64. The predicted molar refractivity (Wildman–Crippen MR) is 78.5 cm³/mol. The molecule has 1 aromatic heterocycles. The van der Waals surface area contributed by atoms with E-state index in [4.69, 9.17) is 12.2 Å². The van der Waals surface area contributed by atoms with Gasteiger partial charge in [-0.15, -0.1) is 0 Å². The minimum absolute atomic E-state index is 0.665. The first-order valence-electron chi connectivity index (χ1n) is 6.10. The highest BCUT2D eigenvalue weighted by molar-refractivity contribution is 7.71. The highest BCUT2D eigenvalue weighted by Gasteiger charge is 2.05. The van der Waals surface area contributed by atoms with Crippen LogP contribution in [0.15, 0.2) is 36.4 Å². The fraction of sp³-hybridized carbons (Fsp3) is 0.200. The van der Waals surface area contributed by atoms with Gasteiger partial charge in [0.1, 0.15) is 0 Å². The molecule has 0 aliphatic carbocycles. The van der Waals surface area contributed by atoms with Crippen molar-refractivity contribution in [2.75, 3.05) is 0 Å². The Hall–Kier alpha value is -1.74. The zero-order chi connectivity index (χ0) is 12.7. The van der Waals surface area contributed by atoms with Crippen molar-refractivity contribution in [1.82, 2.24) is 9.55 Å². The van der Waals surface area contributed by atoms with Gasteiger partial charge in [0.05, 0.1) is 5.52 Å². The van der Waals surface area contributed by atoms with Gasteiger partial charge in [0, 0.05) is 17.6 Å². The molecule has 0 aliphatic heterocycles. The van der Waals surface area contributed by atoms with Gasteiger partial charge in [0.25, 0.3) is 0 Å². The summed E-state index contributed by atoms with van der Waals surface area (Å²) in [4.78, 5) is 4.54. The Morgan fingerprint density at radius 3 is 2.50 bits per heavy atom. The number of benzene rings is 2. The number of hydrogen-bond acceptors (Lipinski definition) is 2. The Kier molecular flexibility index (Phi) is 2.63. The van der Waals surface area contributed by atoms with Crippen LogP contribution in [0.4, 0.5) is 0 Å². The zero-order valence-electron chi connectivity index (χ0n) is 10.5. The second kappa shape index (κ2) is 4.18. The Bertz CT molecular complexity index is 803. The molecule has 3 aromatic rings. The molecular weight excluding hydrogens is 240 g/mol. The number of nitrogens with zero attached hydrogens (tertiary/aromatic N) is 2. The molecule has 0 unspecified atom stereocenters. The largest absolute Gasteiger partial charge is 0.321 e. The van der Waals surface area contributed by atoms with E-state index in [1.54, 1.807) is 0 Å². The molecule has 2 aromatic carbocycles. The maximum Gasteiger partial charge on any atom is 0.200 e. The van der Waals surface area contributed by atoms with E-state index in [2.05, 4.69) is 53.7 Å². The zero-order valence-corrected chi connectivity index (χ0v) is 11.3. The molecule has 0 amide bonds. The average molecular weight is 254 g/mol. The summed E-state index contributed by atoms with van der Waals surface area (Å²) in [6.45, 7) is 5.07. The van der Waals surface area contributed by atoms with Gasteiger partial charge >= 0.3 is 0 Å². The summed E-state index contributed by atoms with van der Waals surface area (Å²) < 4.78 is 2.74. The lowest BCUT2D eigenvalue weighted by Crippen LogP contribution is -2.05. The van der Waals surface area contributed by atoms with Crippen molar-refractivity contribution in [3.63, 3.8) is 0 Å². The van der Waals surface area contributed by atoms with Gasteiger partial charge in [-0.2, -0.15) is 0 Å². The number of hydrogen-bond donors (Lipinski definition) is 0. The van der Waals surface area contributed by atoms with Crippen molar-refractivity contribution in [2.45, 2.75) is 20.4 Å². The lowest BCUT2D eigenvalue weighted by Gasteiger charge is -2.11. The van der Waals surface area contributed by atoms with E-state index >= 15 is 0 Å². The molecule has 0 aliphatic rings. The maximum absolute atomic E-state index is 5.34. The van der Waals surface area contributed by atoms with Crippen LogP contribution in [0.2, 0.25) is 0 Å². The predicted octanol–water partition coefficient (Wildman–Crippen LogP) is 4.25. The van der Waals surface area contributed by atoms with Crippen molar-refractivity contribution in [3.05, 3.63) is 46.9 Å². The molecule has 0 saturated heterocycles. The summed E-state index contributed by atoms with van der Waals surface area (Å²) in [5.41, 5.74) is 2.18. The molecule has 2 nitrogen and oxygen atoms in total. The third-order valence-electron chi connectivity index (χ3n) is 3.42. The standard InChI is InChI=1S/C15H14N2S/c1-3-17-10(2)13-8-11-6-4-5-7-12(11)9-14(13)16-15(17)18/h4-9H,3H2,1-2H3.